The second-order valence-electron chi connectivity index (χ2n) is 7.76. The molecule has 1 fully saturated rings. The Morgan fingerprint density at radius 2 is 0.880 bits per heavy atom. The van der Waals surface area contributed by atoms with Crippen molar-refractivity contribution in [1.29, 1.82) is 0 Å². The normalized spacial score (nSPS) is 16.3. The second-order valence-corrected chi connectivity index (χ2v) is 11.3. The molecule has 1 aliphatic rings. The molecule has 3 aromatic rings. The highest BCUT2D eigenvalue weighted by atomic mass is 31.2. The fourth-order valence-corrected chi connectivity index (χ4v) is 9.42. The molecule has 0 unspecified atom stereocenters. The molecular formula is C24H25P. The third-order valence-electron chi connectivity index (χ3n) is 5.27. The number of hydrogen-bond acceptors (Lipinski definition) is 0. The zero-order valence-corrected chi connectivity index (χ0v) is 15.9. The van der Waals surface area contributed by atoms with E-state index in [9.17, 15) is 0 Å². The number of rotatable bonds is 3. The van der Waals surface area contributed by atoms with E-state index in [1.165, 1.54) is 28.8 Å². The summed E-state index contributed by atoms with van der Waals surface area (Å²) < 4.78 is 0. The minimum absolute atomic E-state index is 0.429. The Hall–Kier alpha value is -2.04. The molecule has 0 aromatic heterocycles. The highest BCUT2D eigenvalue weighted by Gasteiger charge is 2.39. The summed E-state index contributed by atoms with van der Waals surface area (Å²) in [6.45, 7) is 3.07. The van der Waals surface area contributed by atoms with Gasteiger partial charge >= 0.3 is 0 Å². The lowest BCUT2D eigenvalue weighted by Gasteiger charge is -2.45. The van der Waals surface area contributed by atoms with E-state index >= 15 is 0 Å². The minimum Gasteiger partial charge on any atom is -0.0622 e. The van der Waals surface area contributed by atoms with Gasteiger partial charge in [-0.1, -0.05) is 110 Å². The lowest BCUT2D eigenvalue weighted by molar-refractivity contribution is 0.346. The van der Waals surface area contributed by atoms with Crippen molar-refractivity contribution in [3.8, 4) is 0 Å². The maximum atomic E-state index is 2.40. The molecule has 25 heavy (non-hydrogen) atoms. The Labute approximate surface area is 151 Å². The van der Waals surface area contributed by atoms with Gasteiger partial charge in [0, 0.05) is 0 Å². The molecule has 0 saturated heterocycles. The van der Waals surface area contributed by atoms with Crippen LogP contribution < -0.4 is 15.9 Å². The van der Waals surface area contributed by atoms with Gasteiger partial charge in [0.2, 0.25) is 0 Å². The van der Waals surface area contributed by atoms with Crippen molar-refractivity contribution in [1.82, 2.24) is 0 Å². The molecule has 4 rings (SSSR count). The van der Waals surface area contributed by atoms with Gasteiger partial charge in [0.05, 0.1) is 0 Å². The van der Waals surface area contributed by atoms with E-state index < -0.39 is 6.89 Å². The molecule has 0 radical (unpaired) electrons. The molecule has 3 aromatic carbocycles. The highest BCUT2D eigenvalue weighted by molar-refractivity contribution is 7.95. The fraction of sp³-hybridized carbons (Fsp3) is 0.208. The quantitative estimate of drug-likeness (QED) is 0.588. The summed E-state index contributed by atoms with van der Waals surface area (Å²) in [6, 6.07) is 33.6. The van der Waals surface area contributed by atoms with E-state index in [-0.39, 0.29) is 0 Å². The lowest BCUT2D eigenvalue weighted by atomic mass is 9.72. The largest absolute Gasteiger partial charge is 0.0622 e. The van der Waals surface area contributed by atoms with E-state index in [1.807, 2.05) is 0 Å². The van der Waals surface area contributed by atoms with E-state index in [0.717, 1.165) is 0 Å². The zero-order valence-electron chi connectivity index (χ0n) is 15.0. The SMILES string of the molecule is CC1(C)CC(=P(c2ccccc2)(c2ccccc2)c2ccccc2)C1. The Balaban J connectivity index is 2.11. The van der Waals surface area contributed by atoms with Crippen LogP contribution in [0.3, 0.4) is 0 Å². The molecule has 0 aliphatic heterocycles. The zero-order chi connectivity index (χ0) is 17.3. The fourth-order valence-electron chi connectivity index (χ4n) is 4.24. The van der Waals surface area contributed by atoms with Gasteiger partial charge in [-0.3, -0.25) is 0 Å². The van der Waals surface area contributed by atoms with Gasteiger partial charge in [0.15, 0.2) is 0 Å². The average molecular weight is 344 g/mol. The molecule has 0 spiro atoms. The summed E-state index contributed by atoms with van der Waals surface area (Å²) in [5.41, 5.74) is 0.429. The summed E-state index contributed by atoms with van der Waals surface area (Å²) in [5.74, 6) is 0. The van der Waals surface area contributed by atoms with Crippen LogP contribution in [0.5, 0.6) is 0 Å². The van der Waals surface area contributed by atoms with Crippen molar-refractivity contribution in [2.45, 2.75) is 26.7 Å². The van der Waals surface area contributed by atoms with Crippen molar-refractivity contribution < 1.29 is 0 Å². The maximum absolute atomic E-state index is 2.40. The summed E-state index contributed by atoms with van der Waals surface area (Å²) in [5, 5.41) is 6.19. The minimum atomic E-state index is -1.72. The van der Waals surface area contributed by atoms with Crippen molar-refractivity contribution in [3.63, 3.8) is 0 Å². The smallest absolute Gasteiger partial charge is 0.0161 e. The van der Waals surface area contributed by atoms with Crippen LogP contribution in [0, 0.1) is 5.41 Å². The molecule has 0 heterocycles. The van der Waals surface area contributed by atoms with E-state index in [0.29, 0.717) is 5.41 Å². The molecule has 0 N–H and O–H groups in total. The van der Waals surface area contributed by atoms with Crippen molar-refractivity contribution in [3.05, 3.63) is 91.0 Å². The second kappa shape index (κ2) is 6.36. The lowest BCUT2D eigenvalue weighted by Crippen LogP contribution is -2.40. The maximum Gasteiger partial charge on any atom is -0.0161 e. The standard InChI is InChI=1S/C24H25P/c1-24(2)18-23(19-24)25(20-12-6-3-7-13-20,21-14-8-4-9-15-21)22-16-10-5-11-17-22/h3-17H,18-19H2,1-2H3. The predicted octanol–water partition coefficient (Wildman–Crippen LogP) is 4.97. The van der Waals surface area contributed by atoms with Crippen LogP contribution >= 0.6 is 6.89 Å². The predicted molar refractivity (Wildman–Crippen MR) is 113 cm³/mol. The third-order valence-corrected chi connectivity index (χ3v) is 9.75. The van der Waals surface area contributed by atoms with Crippen LogP contribution in [0.4, 0.5) is 0 Å². The molecule has 0 bridgehead atoms. The van der Waals surface area contributed by atoms with Gasteiger partial charge in [-0.15, -0.1) is 0 Å². The first kappa shape index (κ1) is 16.4. The average Bonchev–Trinajstić information content (AvgIpc) is 2.64. The third kappa shape index (κ3) is 2.79. The Morgan fingerprint density at radius 1 is 0.560 bits per heavy atom. The summed E-state index contributed by atoms with van der Waals surface area (Å²) >= 11 is 0. The van der Waals surface area contributed by atoms with Crippen molar-refractivity contribution in [2.24, 2.45) is 5.41 Å². The first-order valence-corrected chi connectivity index (χ1v) is 10.8. The molecule has 126 valence electrons. The number of hydrogen-bond donors (Lipinski definition) is 0. The summed E-state index contributed by atoms with van der Waals surface area (Å²) in [4.78, 5) is 0. The molecule has 0 atom stereocenters. The Bertz CT molecular complexity index is 793. The van der Waals surface area contributed by atoms with Crippen LogP contribution in [-0.2, 0) is 0 Å². The monoisotopic (exact) mass is 344 g/mol. The number of benzene rings is 3. The molecular weight excluding hydrogens is 319 g/mol. The van der Waals surface area contributed by atoms with Crippen LogP contribution in [0.15, 0.2) is 91.0 Å². The molecule has 1 heteroatoms. The summed E-state index contributed by atoms with van der Waals surface area (Å²) in [7, 11) is 0. The van der Waals surface area contributed by atoms with Crippen LogP contribution in [0.25, 0.3) is 0 Å². The molecule has 0 nitrogen and oxygen atoms in total. The Kier molecular flexibility index (Phi) is 4.18. The van der Waals surface area contributed by atoms with E-state index in [4.69, 9.17) is 0 Å². The van der Waals surface area contributed by atoms with Crippen LogP contribution in [-0.4, -0.2) is 5.29 Å². The summed E-state index contributed by atoms with van der Waals surface area (Å²) in [6.07, 6.45) is 2.44. The van der Waals surface area contributed by atoms with Crippen LogP contribution in [0.2, 0.25) is 0 Å². The van der Waals surface area contributed by atoms with Crippen LogP contribution in [0.1, 0.15) is 26.7 Å². The van der Waals surface area contributed by atoms with E-state index in [2.05, 4.69) is 105 Å². The first-order chi connectivity index (χ1) is 12.1. The van der Waals surface area contributed by atoms with Gasteiger partial charge in [-0.2, -0.15) is 0 Å². The van der Waals surface area contributed by atoms with E-state index in [1.54, 1.807) is 5.29 Å². The highest BCUT2D eigenvalue weighted by Crippen LogP contribution is 2.54. The molecule has 1 saturated carbocycles. The van der Waals surface area contributed by atoms with Crippen molar-refractivity contribution in [2.75, 3.05) is 0 Å². The van der Waals surface area contributed by atoms with Gasteiger partial charge in [-0.25, -0.2) is 0 Å². The van der Waals surface area contributed by atoms with Crippen molar-refractivity contribution >= 4 is 28.1 Å². The van der Waals surface area contributed by atoms with Gasteiger partial charge < -0.3 is 0 Å². The topological polar surface area (TPSA) is 0 Å². The first-order valence-electron chi connectivity index (χ1n) is 9.04. The Morgan fingerprint density at radius 3 is 1.16 bits per heavy atom. The molecule has 1 aliphatic carbocycles. The molecule has 0 amide bonds. The van der Waals surface area contributed by atoms with Gasteiger partial charge in [0.1, 0.15) is 0 Å². The van der Waals surface area contributed by atoms with Gasteiger partial charge in [-0.05, 0) is 41.1 Å². The van der Waals surface area contributed by atoms with Gasteiger partial charge in [0.25, 0.3) is 0 Å².